The fourth-order valence-electron chi connectivity index (χ4n) is 2.93. The van der Waals surface area contributed by atoms with E-state index in [-0.39, 0.29) is 12.6 Å². The van der Waals surface area contributed by atoms with Crippen molar-refractivity contribution < 1.29 is 17.2 Å². The van der Waals surface area contributed by atoms with E-state index in [2.05, 4.69) is 9.62 Å². The third-order valence-corrected chi connectivity index (χ3v) is 6.30. The maximum Gasteiger partial charge on any atom is 0.243 e. The molecule has 1 saturated heterocycles. The number of nitrogens with one attached hydrogen (secondary N) is 1. The summed E-state index contributed by atoms with van der Waals surface area (Å²) in [5.74, 6) is -1.75. The minimum atomic E-state index is -4.12. The molecule has 2 aromatic rings. The highest BCUT2D eigenvalue weighted by Gasteiger charge is 2.27. The summed E-state index contributed by atoms with van der Waals surface area (Å²) in [6, 6.07) is 4.27. The molecular formula is C16H18F2N2O2S2. The van der Waals surface area contributed by atoms with E-state index in [9.17, 15) is 17.2 Å². The Morgan fingerprint density at radius 2 is 1.96 bits per heavy atom. The van der Waals surface area contributed by atoms with Crippen LogP contribution in [0.1, 0.15) is 24.4 Å². The maximum atomic E-state index is 13.8. The summed E-state index contributed by atoms with van der Waals surface area (Å²) in [7, 11) is -4.12. The standard InChI is InChI=1S/C16H18F2N2O2S2/c17-13-3-4-14(18)16(9-13)24(21,22)19-10-15(12-5-8-23-11-12)20-6-1-2-7-20/h3-5,8-9,11,15,19H,1-2,6-7,10H2. The summed E-state index contributed by atoms with van der Waals surface area (Å²) in [5.41, 5.74) is 1.03. The number of nitrogens with zero attached hydrogens (tertiary/aromatic N) is 1. The highest BCUT2D eigenvalue weighted by atomic mass is 32.2. The first kappa shape index (κ1) is 17.5. The molecule has 0 aliphatic carbocycles. The molecule has 1 aromatic heterocycles. The Morgan fingerprint density at radius 1 is 1.21 bits per heavy atom. The first-order valence-electron chi connectivity index (χ1n) is 7.68. The lowest BCUT2D eigenvalue weighted by molar-refractivity contribution is 0.247. The van der Waals surface area contributed by atoms with Crippen LogP contribution in [0.4, 0.5) is 8.78 Å². The molecule has 1 N–H and O–H groups in total. The van der Waals surface area contributed by atoms with Crippen LogP contribution in [0.5, 0.6) is 0 Å². The lowest BCUT2D eigenvalue weighted by Gasteiger charge is -2.27. The van der Waals surface area contributed by atoms with E-state index >= 15 is 0 Å². The van der Waals surface area contributed by atoms with Crippen molar-refractivity contribution in [1.29, 1.82) is 0 Å². The zero-order valence-electron chi connectivity index (χ0n) is 12.9. The van der Waals surface area contributed by atoms with Gasteiger partial charge in [0.05, 0.1) is 0 Å². The SMILES string of the molecule is O=S(=O)(NCC(c1ccsc1)N1CCCC1)c1cc(F)ccc1F. The number of thiophene rings is 1. The highest BCUT2D eigenvalue weighted by Crippen LogP contribution is 2.27. The lowest BCUT2D eigenvalue weighted by atomic mass is 10.1. The van der Waals surface area contributed by atoms with Gasteiger partial charge in [0.2, 0.25) is 10.0 Å². The van der Waals surface area contributed by atoms with Crippen molar-refractivity contribution >= 4 is 21.4 Å². The van der Waals surface area contributed by atoms with Gasteiger partial charge in [-0.1, -0.05) is 0 Å². The van der Waals surface area contributed by atoms with E-state index in [1.54, 1.807) is 11.3 Å². The summed E-state index contributed by atoms with van der Waals surface area (Å²) in [6.45, 7) is 1.92. The number of halogens is 2. The molecule has 3 rings (SSSR count). The van der Waals surface area contributed by atoms with Crippen LogP contribution < -0.4 is 4.72 Å². The largest absolute Gasteiger partial charge is 0.295 e. The van der Waals surface area contributed by atoms with Crippen LogP contribution in [-0.4, -0.2) is 33.0 Å². The van der Waals surface area contributed by atoms with Crippen molar-refractivity contribution in [2.45, 2.75) is 23.8 Å². The molecular weight excluding hydrogens is 354 g/mol. The molecule has 1 aliphatic heterocycles. The average molecular weight is 372 g/mol. The quantitative estimate of drug-likeness (QED) is 0.848. The summed E-state index contributed by atoms with van der Waals surface area (Å²) < 4.78 is 54.2. The van der Waals surface area contributed by atoms with E-state index in [0.29, 0.717) is 6.07 Å². The van der Waals surface area contributed by atoms with Crippen molar-refractivity contribution in [3.05, 3.63) is 52.2 Å². The van der Waals surface area contributed by atoms with Crippen LogP contribution in [-0.2, 0) is 10.0 Å². The smallest absolute Gasteiger partial charge is 0.243 e. The van der Waals surface area contributed by atoms with Crippen LogP contribution in [0.2, 0.25) is 0 Å². The second-order valence-electron chi connectivity index (χ2n) is 5.74. The predicted molar refractivity (Wildman–Crippen MR) is 89.4 cm³/mol. The van der Waals surface area contributed by atoms with E-state index in [1.807, 2.05) is 16.8 Å². The van der Waals surface area contributed by atoms with E-state index in [1.165, 1.54) is 0 Å². The molecule has 0 spiro atoms. The molecule has 1 fully saturated rings. The van der Waals surface area contributed by atoms with E-state index < -0.39 is 26.6 Å². The summed E-state index contributed by atoms with van der Waals surface area (Å²) in [6.07, 6.45) is 2.15. The van der Waals surface area contributed by atoms with Gasteiger partial charge < -0.3 is 0 Å². The third kappa shape index (κ3) is 3.83. The summed E-state index contributed by atoms with van der Waals surface area (Å²) >= 11 is 1.55. The Kier molecular flexibility index (Phi) is 5.29. The zero-order valence-corrected chi connectivity index (χ0v) is 14.5. The van der Waals surface area contributed by atoms with Gasteiger partial charge >= 0.3 is 0 Å². The van der Waals surface area contributed by atoms with Gasteiger partial charge in [0.15, 0.2) is 0 Å². The third-order valence-electron chi connectivity index (χ3n) is 4.16. The Hall–Kier alpha value is -1.35. The zero-order chi connectivity index (χ0) is 17.2. The van der Waals surface area contributed by atoms with Crippen LogP contribution in [0.25, 0.3) is 0 Å². The van der Waals surface area contributed by atoms with Gasteiger partial charge in [-0.2, -0.15) is 11.3 Å². The van der Waals surface area contributed by atoms with Gasteiger partial charge in [0, 0.05) is 12.6 Å². The van der Waals surface area contributed by atoms with Gasteiger partial charge in [0.25, 0.3) is 0 Å². The molecule has 0 saturated carbocycles. The van der Waals surface area contributed by atoms with Gasteiger partial charge in [-0.25, -0.2) is 21.9 Å². The molecule has 8 heteroatoms. The molecule has 0 amide bonds. The van der Waals surface area contributed by atoms with Crippen molar-refractivity contribution in [2.75, 3.05) is 19.6 Å². The molecule has 1 unspecified atom stereocenters. The Bertz CT molecular complexity index is 788. The minimum Gasteiger partial charge on any atom is -0.295 e. The predicted octanol–water partition coefficient (Wildman–Crippen LogP) is 3.14. The second kappa shape index (κ2) is 7.26. The second-order valence-corrected chi connectivity index (χ2v) is 8.26. The van der Waals surface area contributed by atoms with Crippen LogP contribution >= 0.6 is 11.3 Å². The van der Waals surface area contributed by atoms with Crippen molar-refractivity contribution in [2.24, 2.45) is 0 Å². The number of rotatable bonds is 6. The van der Waals surface area contributed by atoms with Crippen molar-refractivity contribution in [3.8, 4) is 0 Å². The minimum absolute atomic E-state index is 0.106. The molecule has 24 heavy (non-hydrogen) atoms. The summed E-state index contributed by atoms with van der Waals surface area (Å²) in [5, 5.41) is 3.93. The van der Waals surface area contributed by atoms with Gasteiger partial charge in [-0.05, 0) is 66.5 Å². The number of likely N-dealkylation sites (tertiary alicyclic amines) is 1. The molecule has 2 heterocycles. The molecule has 0 bridgehead atoms. The van der Waals surface area contributed by atoms with Crippen LogP contribution in [0, 0.1) is 11.6 Å². The van der Waals surface area contributed by atoms with Crippen molar-refractivity contribution in [1.82, 2.24) is 9.62 Å². The topological polar surface area (TPSA) is 49.4 Å². The molecule has 130 valence electrons. The molecule has 1 aliphatic rings. The van der Waals surface area contributed by atoms with E-state index in [0.717, 1.165) is 43.6 Å². The number of hydrogen-bond acceptors (Lipinski definition) is 4. The maximum absolute atomic E-state index is 13.8. The first-order valence-corrected chi connectivity index (χ1v) is 10.1. The lowest BCUT2D eigenvalue weighted by Crippen LogP contribution is -2.36. The van der Waals surface area contributed by atoms with Gasteiger partial charge in [-0.15, -0.1) is 0 Å². The normalized spacial score (nSPS) is 17.2. The Labute approximate surface area is 144 Å². The fourth-order valence-corrected chi connectivity index (χ4v) is 4.76. The number of benzene rings is 1. The molecule has 0 radical (unpaired) electrons. The summed E-state index contributed by atoms with van der Waals surface area (Å²) in [4.78, 5) is 1.56. The van der Waals surface area contributed by atoms with E-state index in [4.69, 9.17) is 0 Å². The Morgan fingerprint density at radius 3 is 2.62 bits per heavy atom. The fraction of sp³-hybridized carbons (Fsp3) is 0.375. The highest BCUT2D eigenvalue weighted by molar-refractivity contribution is 7.89. The number of hydrogen-bond donors (Lipinski definition) is 1. The van der Waals surface area contributed by atoms with Crippen molar-refractivity contribution in [3.63, 3.8) is 0 Å². The first-order chi connectivity index (χ1) is 11.5. The van der Waals surface area contributed by atoms with Crippen LogP contribution in [0.15, 0.2) is 39.9 Å². The van der Waals surface area contributed by atoms with Gasteiger partial charge in [-0.3, -0.25) is 4.90 Å². The monoisotopic (exact) mass is 372 g/mol. The molecule has 1 atom stereocenters. The average Bonchev–Trinajstić information content (AvgIpc) is 3.23. The van der Waals surface area contributed by atoms with Crippen LogP contribution in [0.3, 0.4) is 0 Å². The molecule has 1 aromatic carbocycles. The molecule has 4 nitrogen and oxygen atoms in total. The van der Waals surface area contributed by atoms with Gasteiger partial charge in [0.1, 0.15) is 16.5 Å². The number of sulfonamides is 1. The Balaban J connectivity index is 1.79.